The summed E-state index contributed by atoms with van der Waals surface area (Å²) in [4.78, 5) is 26.5. The molecule has 6 nitrogen and oxygen atoms in total. The summed E-state index contributed by atoms with van der Waals surface area (Å²) in [5.41, 5.74) is 9.28. The number of nitrogens with one attached hydrogen (secondary N) is 1. The summed E-state index contributed by atoms with van der Waals surface area (Å²) in [6, 6.07) is 23.5. The fourth-order valence-electron chi connectivity index (χ4n) is 2.91. The Kier molecular flexibility index (Phi) is 6.47. The van der Waals surface area contributed by atoms with E-state index in [1.54, 1.807) is 47.4 Å². The molecule has 0 heterocycles. The fraction of sp³-hybridized carbons (Fsp3) is 0.130. The van der Waals surface area contributed by atoms with Crippen molar-refractivity contribution in [2.75, 3.05) is 18.2 Å². The summed E-state index contributed by atoms with van der Waals surface area (Å²) >= 11 is 0. The highest BCUT2D eigenvalue weighted by atomic mass is 16.5. The first-order valence-corrected chi connectivity index (χ1v) is 9.18. The number of nitrogens with zero attached hydrogens (tertiary/aromatic N) is 1. The van der Waals surface area contributed by atoms with Crippen LogP contribution in [0.15, 0.2) is 78.9 Å². The zero-order valence-electron chi connectivity index (χ0n) is 16.2. The van der Waals surface area contributed by atoms with E-state index < -0.39 is 5.97 Å². The molecule has 3 aromatic carbocycles. The average molecular weight is 389 g/mol. The Balaban J connectivity index is 1.81. The predicted octanol–water partition coefficient (Wildman–Crippen LogP) is 4.29. The number of carbonyl (C=O) groups is 2. The lowest BCUT2D eigenvalue weighted by molar-refractivity contribution is 0.0600. The third kappa shape index (κ3) is 5.59. The average Bonchev–Trinajstić information content (AvgIpc) is 2.75. The maximum Gasteiger partial charge on any atom is 0.337 e. The molecular weight excluding hydrogens is 366 g/mol. The minimum Gasteiger partial charge on any atom is -0.465 e. The van der Waals surface area contributed by atoms with Crippen LogP contribution in [0.5, 0.6) is 0 Å². The molecule has 0 fully saturated rings. The summed E-state index contributed by atoms with van der Waals surface area (Å²) in [5, 5.41) is 2.90. The summed E-state index contributed by atoms with van der Waals surface area (Å²) in [5.74, 6) is -0.409. The molecule has 3 N–H and O–H groups in total. The second-order valence-electron chi connectivity index (χ2n) is 6.59. The van der Waals surface area contributed by atoms with Gasteiger partial charge in [-0.3, -0.25) is 0 Å². The molecule has 0 radical (unpaired) electrons. The molecular formula is C23H23N3O3. The number of ether oxygens (including phenoxy) is 1. The van der Waals surface area contributed by atoms with Gasteiger partial charge in [0, 0.05) is 24.5 Å². The van der Waals surface area contributed by atoms with Gasteiger partial charge in [0.1, 0.15) is 0 Å². The summed E-state index contributed by atoms with van der Waals surface area (Å²) in [7, 11) is 1.34. The molecule has 0 saturated heterocycles. The van der Waals surface area contributed by atoms with Crippen molar-refractivity contribution in [3.05, 3.63) is 95.6 Å². The van der Waals surface area contributed by atoms with Gasteiger partial charge in [-0.05, 0) is 47.5 Å². The van der Waals surface area contributed by atoms with Crippen LogP contribution in [0.25, 0.3) is 0 Å². The number of benzene rings is 3. The predicted molar refractivity (Wildman–Crippen MR) is 113 cm³/mol. The van der Waals surface area contributed by atoms with Crippen LogP contribution >= 0.6 is 0 Å². The maximum atomic E-state index is 13.0. The Bertz CT molecular complexity index is 972. The normalized spacial score (nSPS) is 10.2. The van der Waals surface area contributed by atoms with Crippen molar-refractivity contribution >= 4 is 23.4 Å². The van der Waals surface area contributed by atoms with Crippen molar-refractivity contribution in [3.8, 4) is 0 Å². The van der Waals surface area contributed by atoms with E-state index in [4.69, 9.17) is 10.5 Å². The van der Waals surface area contributed by atoms with Gasteiger partial charge in [0.05, 0.1) is 12.7 Å². The summed E-state index contributed by atoms with van der Waals surface area (Å²) in [6.07, 6.45) is 0. The number of rotatable bonds is 6. The van der Waals surface area contributed by atoms with E-state index in [1.165, 1.54) is 7.11 Å². The molecule has 0 aliphatic carbocycles. The second-order valence-corrected chi connectivity index (χ2v) is 6.59. The zero-order valence-corrected chi connectivity index (χ0v) is 16.2. The minimum absolute atomic E-state index is 0.248. The van der Waals surface area contributed by atoms with Gasteiger partial charge in [0.2, 0.25) is 0 Å². The van der Waals surface area contributed by atoms with Crippen LogP contribution in [0.3, 0.4) is 0 Å². The molecule has 3 rings (SSSR count). The molecule has 0 aliphatic rings. The molecule has 0 atom stereocenters. The number of esters is 1. The van der Waals surface area contributed by atoms with Crippen molar-refractivity contribution in [2.24, 2.45) is 0 Å². The maximum absolute atomic E-state index is 13.0. The van der Waals surface area contributed by atoms with Crippen molar-refractivity contribution in [1.82, 2.24) is 4.90 Å². The largest absolute Gasteiger partial charge is 0.465 e. The Morgan fingerprint density at radius 2 is 1.55 bits per heavy atom. The Morgan fingerprint density at radius 3 is 2.24 bits per heavy atom. The molecule has 0 spiro atoms. The van der Waals surface area contributed by atoms with E-state index >= 15 is 0 Å². The standard InChI is InChI=1S/C23H23N3O3/c1-29-22(27)19-9-5-8-18(14-19)16-26(15-17-6-3-2-4-7-17)23(28)25-21-12-10-20(24)11-13-21/h2-14H,15-16,24H2,1H3,(H,25,28). The molecule has 6 heteroatoms. The molecule has 0 bridgehead atoms. The van der Waals surface area contributed by atoms with Gasteiger partial charge < -0.3 is 20.7 Å². The van der Waals surface area contributed by atoms with Gasteiger partial charge in [-0.2, -0.15) is 0 Å². The molecule has 0 aromatic heterocycles. The van der Waals surface area contributed by atoms with E-state index in [2.05, 4.69) is 5.32 Å². The third-order valence-corrected chi connectivity index (χ3v) is 4.39. The van der Waals surface area contributed by atoms with Gasteiger partial charge in [-0.1, -0.05) is 42.5 Å². The highest BCUT2D eigenvalue weighted by Gasteiger charge is 2.16. The smallest absolute Gasteiger partial charge is 0.337 e. The highest BCUT2D eigenvalue weighted by molar-refractivity contribution is 5.90. The van der Waals surface area contributed by atoms with E-state index in [1.807, 2.05) is 36.4 Å². The van der Waals surface area contributed by atoms with Crippen molar-refractivity contribution in [3.63, 3.8) is 0 Å². The van der Waals surface area contributed by atoms with E-state index in [0.717, 1.165) is 11.1 Å². The number of anilines is 2. The minimum atomic E-state index is -0.409. The molecule has 148 valence electrons. The molecule has 0 aliphatic heterocycles. The fourth-order valence-corrected chi connectivity index (χ4v) is 2.91. The number of urea groups is 1. The Hall–Kier alpha value is -3.80. The van der Waals surface area contributed by atoms with E-state index in [0.29, 0.717) is 30.0 Å². The molecule has 0 saturated carbocycles. The Labute approximate surface area is 169 Å². The molecule has 3 aromatic rings. The van der Waals surface area contributed by atoms with Gasteiger partial charge in [0.25, 0.3) is 0 Å². The first-order valence-electron chi connectivity index (χ1n) is 9.18. The SMILES string of the molecule is COC(=O)c1cccc(CN(Cc2ccccc2)C(=O)Nc2ccc(N)cc2)c1. The number of carbonyl (C=O) groups excluding carboxylic acids is 2. The van der Waals surface area contributed by atoms with Crippen molar-refractivity contribution in [2.45, 2.75) is 13.1 Å². The number of nitrogen functional groups attached to an aromatic ring is 1. The van der Waals surface area contributed by atoms with Crippen LogP contribution in [0.1, 0.15) is 21.5 Å². The number of hydrogen-bond acceptors (Lipinski definition) is 4. The summed E-state index contributed by atoms with van der Waals surface area (Å²) < 4.78 is 4.79. The van der Waals surface area contributed by atoms with Gasteiger partial charge >= 0.3 is 12.0 Å². The van der Waals surface area contributed by atoms with Crippen LogP contribution in [0.2, 0.25) is 0 Å². The lowest BCUT2D eigenvalue weighted by Gasteiger charge is -2.24. The molecule has 2 amide bonds. The van der Waals surface area contributed by atoms with Crippen LogP contribution in [-0.4, -0.2) is 24.0 Å². The quantitative estimate of drug-likeness (QED) is 0.486. The lowest BCUT2D eigenvalue weighted by atomic mass is 10.1. The van der Waals surface area contributed by atoms with E-state index in [9.17, 15) is 9.59 Å². The van der Waals surface area contributed by atoms with Gasteiger partial charge in [-0.15, -0.1) is 0 Å². The first kappa shape index (κ1) is 19.9. The zero-order chi connectivity index (χ0) is 20.6. The van der Waals surface area contributed by atoms with Crippen molar-refractivity contribution in [1.29, 1.82) is 0 Å². The highest BCUT2D eigenvalue weighted by Crippen LogP contribution is 2.16. The van der Waals surface area contributed by atoms with Crippen molar-refractivity contribution < 1.29 is 14.3 Å². The van der Waals surface area contributed by atoms with Gasteiger partial charge in [0.15, 0.2) is 0 Å². The second kappa shape index (κ2) is 9.41. The molecule has 0 unspecified atom stereocenters. The number of methoxy groups -OCH3 is 1. The van der Waals surface area contributed by atoms with Crippen LogP contribution < -0.4 is 11.1 Å². The van der Waals surface area contributed by atoms with Gasteiger partial charge in [-0.25, -0.2) is 9.59 Å². The van der Waals surface area contributed by atoms with Crippen LogP contribution in [-0.2, 0) is 17.8 Å². The number of nitrogens with two attached hydrogens (primary N) is 1. The third-order valence-electron chi connectivity index (χ3n) is 4.39. The number of hydrogen-bond donors (Lipinski definition) is 2. The van der Waals surface area contributed by atoms with E-state index in [-0.39, 0.29) is 6.03 Å². The topological polar surface area (TPSA) is 84.7 Å². The van der Waals surface area contributed by atoms with Crippen LogP contribution in [0, 0.1) is 0 Å². The first-order chi connectivity index (χ1) is 14.0. The summed E-state index contributed by atoms with van der Waals surface area (Å²) in [6.45, 7) is 0.755. The van der Waals surface area contributed by atoms with Crippen LogP contribution in [0.4, 0.5) is 16.2 Å². The molecule has 29 heavy (non-hydrogen) atoms. The number of amides is 2. The monoisotopic (exact) mass is 389 g/mol. The Morgan fingerprint density at radius 1 is 0.897 bits per heavy atom. The lowest BCUT2D eigenvalue weighted by Crippen LogP contribution is -2.34.